The van der Waals surface area contributed by atoms with Crippen molar-refractivity contribution >= 4 is 27.5 Å². The first-order valence-corrected chi connectivity index (χ1v) is 11.1. The molecule has 2 heterocycles. The molecule has 0 radical (unpaired) electrons. The maximum Gasteiger partial charge on any atom is 0.214 e. The third-order valence-corrected chi connectivity index (χ3v) is 6.14. The largest absolute Gasteiger partial charge is 0.493 e. The van der Waals surface area contributed by atoms with Crippen molar-refractivity contribution < 1.29 is 17.9 Å². The maximum absolute atomic E-state index is 10.5. The molecule has 1 aromatic heterocycles. The van der Waals surface area contributed by atoms with Crippen LogP contribution in [0.1, 0.15) is 26.2 Å². The summed E-state index contributed by atoms with van der Waals surface area (Å²) in [4.78, 5) is 9.15. The lowest BCUT2D eigenvalue weighted by Crippen LogP contribution is -2.37. The van der Waals surface area contributed by atoms with Gasteiger partial charge in [-0.05, 0) is 43.2 Å². The molecule has 8 nitrogen and oxygen atoms in total. The second-order valence-corrected chi connectivity index (χ2v) is 8.18. The average molecular weight is 423 g/mol. The smallest absolute Gasteiger partial charge is 0.214 e. The van der Waals surface area contributed by atoms with Crippen LogP contribution in [0.2, 0.25) is 0 Å². The molecule has 0 saturated carbocycles. The molecule has 1 aliphatic rings. The third kappa shape index (κ3) is 5.29. The standard InChI is InChI=1S/C20H30N4O4S/c1-14(4-9-22-23-29(25)26)15-6-10-24(11-7-15)18-5-8-21-17-13-20(28-3)19(27-2)12-16(17)18/h5,8,12-15,22,29H,4,6-7,9-11H2,1-3H3,(H,23,25,26). The van der Waals surface area contributed by atoms with Gasteiger partial charge in [0.15, 0.2) is 11.5 Å². The molecule has 1 aromatic carbocycles. The average Bonchev–Trinajstić information content (AvgIpc) is 2.75. The zero-order valence-electron chi connectivity index (χ0n) is 17.2. The Bertz CT molecular complexity index is 889. The van der Waals surface area contributed by atoms with E-state index in [9.17, 15) is 8.42 Å². The number of nitrogens with one attached hydrogen (secondary N) is 2. The molecule has 2 N–H and O–H groups in total. The number of hydrogen-bond donors (Lipinski definition) is 3. The first-order valence-electron chi connectivity index (χ1n) is 9.92. The molecule has 0 spiro atoms. The summed E-state index contributed by atoms with van der Waals surface area (Å²) >= 11 is 0. The van der Waals surface area contributed by atoms with Crippen LogP contribution in [0, 0.1) is 11.8 Å². The van der Waals surface area contributed by atoms with Crippen LogP contribution < -0.4 is 24.6 Å². The number of fused-ring (bicyclic) bond motifs is 1. The summed E-state index contributed by atoms with van der Waals surface area (Å²) < 4.78 is 31.9. The van der Waals surface area contributed by atoms with Gasteiger partial charge in [-0.1, -0.05) is 6.92 Å². The Kier molecular flexibility index (Phi) is 7.51. The van der Waals surface area contributed by atoms with Gasteiger partial charge in [0.2, 0.25) is 10.9 Å². The highest BCUT2D eigenvalue weighted by molar-refractivity contribution is 7.70. The summed E-state index contributed by atoms with van der Waals surface area (Å²) in [6.07, 6.45) is 5.01. The van der Waals surface area contributed by atoms with Gasteiger partial charge >= 0.3 is 0 Å². The predicted molar refractivity (Wildman–Crippen MR) is 115 cm³/mol. The maximum atomic E-state index is 10.5. The van der Waals surface area contributed by atoms with Crippen molar-refractivity contribution in [3.8, 4) is 11.5 Å². The van der Waals surface area contributed by atoms with Gasteiger partial charge in [-0.2, -0.15) is 4.83 Å². The topological polar surface area (TPSA) is 92.8 Å². The van der Waals surface area contributed by atoms with Crippen LogP contribution in [0.25, 0.3) is 10.9 Å². The number of anilines is 1. The van der Waals surface area contributed by atoms with Crippen molar-refractivity contribution in [3.63, 3.8) is 0 Å². The molecule has 1 atom stereocenters. The van der Waals surface area contributed by atoms with Gasteiger partial charge in [-0.15, -0.1) is 0 Å². The fourth-order valence-corrected chi connectivity index (χ4v) is 4.34. The molecule has 160 valence electrons. The molecule has 1 saturated heterocycles. The third-order valence-electron chi connectivity index (χ3n) is 5.80. The molecule has 0 amide bonds. The Hall–Kier alpha value is -2.10. The van der Waals surface area contributed by atoms with Crippen molar-refractivity contribution in [1.82, 2.24) is 15.2 Å². The van der Waals surface area contributed by atoms with Crippen molar-refractivity contribution in [2.24, 2.45) is 11.8 Å². The first kappa shape index (κ1) is 21.6. The van der Waals surface area contributed by atoms with Gasteiger partial charge < -0.3 is 14.4 Å². The van der Waals surface area contributed by atoms with E-state index >= 15 is 0 Å². The molecule has 29 heavy (non-hydrogen) atoms. The molecule has 1 unspecified atom stereocenters. The number of nitrogens with zero attached hydrogens (tertiary/aromatic N) is 2. The molecule has 0 aliphatic carbocycles. The zero-order valence-corrected chi connectivity index (χ0v) is 18.1. The highest BCUT2D eigenvalue weighted by Gasteiger charge is 2.25. The summed E-state index contributed by atoms with van der Waals surface area (Å²) in [5, 5.41) is 1.07. The number of piperidine rings is 1. The van der Waals surface area contributed by atoms with Crippen LogP contribution in [0.3, 0.4) is 0 Å². The normalized spacial score (nSPS) is 16.3. The highest BCUT2D eigenvalue weighted by Crippen LogP contribution is 2.37. The molecule has 1 aliphatic heterocycles. The van der Waals surface area contributed by atoms with E-state index in [2.05, 4.69) is 33.1 Å². The van der Waals surface area contributed by atoms with Crippen LogP contribution in [-0.2, 0) is 10.9 Å². The van der Waals surface area contributed by atoms with E-state index in [1.54, 1.807) is 14.2 Å². The minimum Gasteiger partial charge on any atom is -0.493 e. The second-order valence-electron chi connectivity index (χ2n) is 7.44. The summed E-state index contributed by atoms with van der Waals surface area (Å²) in [7, 11) is 0.687. The van der Waals surface area contributed by atoms with Crippen molar-refractivity contribution in [2.75, 3.05) is 38.8 Å². The molecular formula is C20H30N4O4S. The van der Waals surface area contributed by atoms with Crippen LogP contribution in [-0.4, -0.2) is 47.3 Å². The number of hydrogen-bond acceptors (Lipinski definition) is 7. The minimum absolute atomic E-state index is 0.537. The van der Waals surface area contributed by atoms with Crippen molar-refractivity contribution in [1.29, 1.82) is 0 Å². The molecule has 1 fully saturated rings. The number of ether oxygens (including phenoxy) is 2. The number of benzene rings is 1. The highest BCUT2D eigenvalue weighted by atomic mass is 32.2. The van der Waals surface area contributed by atoms with Gasteiger partial charge in [0.05, 0.1) is 19.7 Å². The number of rotatable bonds is 9. The molecule has 9 heteroatoms. The van der Waals surface area contributed by atoms with Gasteiger partial charge in [0.25, 0.3) is 0 Å². The van der Waals surface area contributed by atoms with Crippen molar-refractivity contribution in [2.45, 2.75) is 26.2 Å². The van der Waals surface area contributed by atoms with Gasteiger partial charge in [0, 0.05) is 43.0 Å². The van der Waals surface area contributed by atoms with Gasteiger partial charge in [0.1, 0.15) is 0 Å². The summed E-state index contributed by atoms with van der Waals surface area (Å²) in [5.41, 5.74) is 4.81. The van der Waals surface area contributed by atoms with Crippen molar-refractivity contribution in [3.05, 3.63) is 24.4 Å². The SMILES string of the molecule is COc1cc2nccc(N3CCC(C(C)CCNN[SH](=O)=O)CC3)c2cc1OC. The lowest BCUT2D eigenvalue weighted by Gasteiger charge is -2.36. The Balaban J connectivity index is 1.65. The lowest BCUT2D eigenvalue weighted by atomic mass is 9.83. The second kappa shape index (κ2) is 10.1. The number of hydrazine groups is 1. The number of aromatic nitrogens is 1. The monoisotopic (exact) mass is 422 g/mol. The quantitative estimate of drug-likeness (QED) is 0.324. The summed E-state index contributed by atoms with van der Waals surface area (Å²) in [6.45, 7) is 4.86. The van der Waals surface area contributed by atoms with E-state index in [-0.39, 0.29) is 0 Å². The molecule has 3 rings (SSSR count). The first-order chi connectivity index (χ1) is 14.0. The van der Waals surface area contributed by atoms with Gasteiger partial charge in [-0.3, -0.25) is 4.98 Å². The van der Waals surface area contributed by atoms with Crippen LogP contribution >= 0.6 is 0 Å². The van der Waals surface area contributed by atoms with E-state index in [4.69, 9.17) is 9.47 Å². The number of thiol groups is 1. The van der Waals surface area contributed by atoms with Crippen LogP contribution in [0.4, 0.5) is 5.69 Å². The Morgan fingerprint density at radius 3 is 2.55 bits per heavy atom. The lowest BCUT2D eigenvalue weighted by molar-refractivity contribution is 0.276. The number of methoxy groups -OCH3 is 2. The Morgan fingerprint density at radius 2 is 1.90 bits per heavy atom. The fraction of sp³-hybridized carbons (Fsp3) is 0.550. The minimum atomic E-state index is -2.59. The van der Waals surface area contributed by atoms with Crippen LogP contribution in [0.15, 0.2) is 24.4 Å². The van der Waals surface area contributed by atoms with E-state index in [1.165, 1.54) is 5.69 Å². The van der Waals surface area contributed by atoms with E-state index in [0.717, 1.165) is 43.3 Å². The van der Waals surface area contributed by atoms with Gasteiger partial charge in [-0.25, -0.2) is 13.8 Å². The molecular weight excluding hydrogens is 392 g/mol. The fourth-order valence-electron chi connectivity index (χ4n) is 4.10. The molecule has 2 aromatic rings. The number of pyridine rings is 1. The van der Waals surface area contributed by atoms with E-state index in [0.29, 0.717) is 29.9 Å². The molecule has 0 bridgehead atoms. The Labute approximate surface area is 173 Å². The van der Waals surface area contributed by atoms with E-state index in [1.807, 2.05) is 18.3 Å². The zero-order chi connectivity index (χ0) is 20.8. The summed E-state index contributed by atoms with van der Waals surface area (Å²) in [6, 6.07) is 5.99. The Morgan fingerprint density at radius 1 is 1.21 bits per heavy atom. The predicted octanol–water partition coefficient (Wildman–Crippen LogP) is 2.12. The van der Waals surface area contributed by atoms with Crippen LogP contribution in [0.5, 0.6) is 11.5 Å². The van der Waals surface area contributed by atoms with E-state index < -0.39 is 10.9 Å². The summed E-state index contributed by atoms with van der Waals surface area (Å²) in [5.74, 6) is 2.56.